The lowest BCUT2D eigenvalue weighted by molar-refractivity contribution is -0.135. The van der Waals surface area contributed by atoms with Gasteiger partial charge < -0.3 is 14.3 Å². The SMILES string of the molecule is C=C(/C=C\C=C/CC=O)OCCC1=NC=CCC=C1C(=O)OC. The number of hydrogen-bond acceptors (Lipinski definition) is 5. The van der Waals surface area contributed by atoms with Crippen LogP contribution in [0.4, 0.5) is 0 Å². The van der Waals surface area contributed by atoms with E-state index in [4.69, 9.17) is 9.47 Å². The third kappa shape index (κ3) is 7.22. The van der Waals surface area contributed by atoms with E-state index >= 15 is 0 Å². The highest BCUT2D eigenvalue weighted by Crippen LogP contribution is 2.12. The Hall–Kier alpha value is -2.69. The van der Waals surface area contributed by atoms with Crippen molar-refractivity contribution in [3.63, 3.8) is 0 Å². The maximum atomic E-state index is 11.8. The topological polar surface area (TPSA) is 65.0 Å². The Kier molecular flexibility index (Phi) is 8.74. The first-order chi connectivity index (χ1) is 11.2. The van der Waals surface area contributed by atoms with Crippen molar-refractivity contribution in [3.8, 4) is 0 Å². The van der Waals surface area contributed by atoms with Gasteiger partial charge in [-0.25, -0.2) is 4.79 Å². The average Bonchev–Trinajstić information content (AvgIpc) is 2.79. The number of hydrogen-bond donors (Lipinski definition) is 0. The fraction of sp³-hybridized carbons (Fsp3) is 0.278. The minimum absolute atomic E-state index is 0.349. The first kappa shape index (κ1) is 18.4. The largest absolute Gasteiger partial charge is 0.494 e. The van der Waals surface area contributed by atoms with Crippen LogP contribution < -0.4 is 0 Å². The zero-order valence-corrected chi connectivity index (χ0v) is 13.2. The Morgan fingerprint density at radius 3 is 3.00 bits per heavy atom. The fourth-order valence-corrected chi connectivity index (χ4v) is 1.79. The van der Waals surface area contributed by atoms with Crippen molar-refractivity contribution < 1.29 is 19.1 Å². The van der Waals surface area contributed by atoms with Crippen LogP contribution in [0.25, 0.3) is 0 Å². The molecule has 0 aromatic rings. The van der Waals surface area contributed by atoms with Crippen LogP contribution in [-0.2, 0) is 19.1 Å². The number of ether oxygens (including phenoxy) is 2. The summed E-state index contributed by atoms with van der Waals surface area (Å²) in [7, 11) is 1.35. The molecule has 0 saturated carbocycles. The van der Waals surface area contributed by atoms with Crippen molar-refractivity contribution in [1.82, 2.24) is 0 Å². The molecule has 122 valence electrons. The lowest BCUT2D eigenvalue weighted by Crippen LogP contribution is -2.16. The molecule has 1 heterocycles. The predicted molar refractivity (Wildman–Crippen MR) is 90.0 cm³/mol. The second-order valence-corrected chi connectivity index (χ2v) is 4.56. The monoisotopic (exact) mass is 315 g/mol. The zero-order chi connectivity index (χ0) is 16.9. The number of rotatable bonds is 9. The molecule has 0 saturated heterocycles. The molecule has 0 spiro atoms. The van der Waals surface area contributed by atoms with Gasteiger partial charge in [0, 0.05) is 19.0 Å². The molecule has 0 aromatic heterocycles. The quantitative estimate of drug-likeness (QED) is 0.284. The van der Waals surface area contributed by atoms with Crippen molar-refractivity contribution in [2.75, 3.05) is 13.7 Å². The third-order valence-corrected chi connectivity index (χ3v) is 2.90. The van der Waals surface area contributed by atoms with Crippen LogP contribution in [0.15, 0.2) is 65.6 Å². The summed E-state index contributed by atoms with van der Waals surface area (Å²) >= 11 is 0. The van der Waals surface area contributed by atoms with Crippen LogP contribution in [0.5, 0.6) is 0 Å². The highest BCUT2D eigenvalue weighted by atomic mass is 16.5. The number of aliphatic imine (C=N–C) groups is 1. The molecule has 5 nitrogen and oxygen atoms in total. The molecule has 1 aliphatic rings. The van der Waals surface area contributed by atoms with Gasteiger partial charge in [-0.1, -0.05) is 37.0 Å². The van der Waals surface area contributed by atoms with E-state index in [0.717, 1.165) is 6.29 Å². The molecule has 0 N–H and O–H groups in total. The Balaban J connectivity index is 2.48. The summed E-state index contributed by atoms with van der Waals surface area (Å²) in [5.41, 5.74) is 1.10. The molecule has 0 atom stereocenters. The molecule has 0 amide bonds. The first-order valence-electron chi connectivity index (χ1n) is 7.28. The van der Waals surface area contributed by atoms with Gasteiger partial charge in [-0.15, -0.1) is 0 Å². The van der Waals surface area contributed by atoms with Gasteiger partial charge in [0.25, 0.3) is 0 Å². The Morgan fingerprint density at radius 1 is 1.43 bits per heavy atom. The molecule has 0 bridgehead atoms. The standard InChI is InChI=1S/C18H21NO4/c1-15(9-5-3-4-8-13-20)23-14-11-17-16(18(21)22-2)10-6-7-12-19-17/h3-5,7,9-10,12-13H,1,6,8,11,14H2,2H3/b4-3-,9-5-. The van der Waals surface area contributed by atoms with Gasteiger partial charge in [0.05, 0.1) is 25.0 Å². The highest BCUT2D eigenvalue weighted by molar-refractivity contribution is 6.20. The van der Waals surface area contributed by atoms with Crippen LogP contribution >= 0.6 is 0 Å². The van der Waals surface area contributed by atoms with Crippen LogP contribution in [0.1, 0.15) is 19.3 Å². The highest BCUT2D eigenvalue weighted by Gasteiger charge is 2.17. The van der Waals surface area contributed by atoms with Crippen molar-refractivity contribution in [3.05, 3.63) is 60.6 Å². The lowest BCUT2D eigenvalue weighted by atomic mass is 10.1. The molecule has 0 aliphatic carbocycles. The van der Waals surface area contributed by atoms with Crippen LogP contribution in [0.3, 0.4) is 0 Å². The van der Waals surface area contributed by atoms with Crippen LogP contribution in [-0.4, -0.2) is 31.7 Å². The summed E-state index contributed by atoms with van der Waals surface area (Å²) < 4.78 is 10.3. The maximum absolute atomic E-state index is 11.8. The van der Waals surface area contributed by atoms with Gasteiger partial charge in [-0.2, -0.15) is 0 Å². The number of carbonyl (C=O) groups is 2. The van der Waals surface area contributed by atoms with E-state index < -0.39 is 5.97 Å². The van der Waals surface area contributed by atoms with E-state index in [9.17, 15) is 9.59 Å². The van der Waals surface area contributed by atoms with Crippen molar-refractivity contribution in [2.45, 2.75) is 19.3 Å². The molecule has 0 unspecified atom stereocenters. The number of aldehydes is 1. The van der Waals surface area contributed by atoms with Gasteiger partial charge in [-0.05, 0) is 12.5 Å². The molecule has 1 rings (SSSR count). The first-order valence-corrected chi connectivity index (χ1v) is 7.28. The van der Waals surface area contributed by atoms with Crippen molar-refractivity contribution >= 4 is 18.0 Å². The van der Waals surface area contributed by atoms with Gasteiger partial charge in [0.1, 0.15) is 12.0 Å². The van der Waals surface area contributed by atoms with E-state index in [-0.39, 0.29) is 0 Å². The van der Waals surface area contributed by atoms with E-state index in [1.165, 1.54) is 7.11 Å². The summed E-state index contributed by atoms with van der Waals surface area (Å²) in [5, 5.41) is 0. The molecule has 5 heteroatoms. The Bertz CT molecular complexity index is 580. The second kappa shape index (κ2) is 11.0. The average molecular weight is 315 g/mol. The Morgan fingerprint density at radius 2 is 2.26 bits per heavy atom. The van der Waals surface area contributed by atoms with E-state index in [1.54, 1.807) is 36.6 Å². The molecular formula is C18H21NO4. The van der Waals surface area contributed by atoms with Crippen molar-refractivity contribution in [1.29, 1.82) is 0 Å². The Labute approximate surface area is 136 Å². The molecular weight excluding hydrogens is 294 g/mol. The minimum atomic E-state index is -0.397. The smallest absolute Gasteiger partial charge is 0.339 e. The minimum Gasteiger partial charge on any atom is -0.494 e. The van der Waals surface area contributed by atoms with Crippen LogP contribution in [0, 0.1) is 0 Å². The summed E-state index contributed by atoms with van der Waals surface area (Å²) in [6.07, 6.45) is 14.6. The summed E-state index contributed by atoms with van der Waals surface area (Å²) in [6, 6.07) is 0. The molecule has 0 fully saturated rings. The summed E-state index contributed by atoms with van der Waals surface area (Å²) in [5.74, 6) is 0.0978. The number of methoxy groups -OCH3 is 1. The predicted octanol–water partition coefficient (Wildman–Crippen LogP) is 3.07. The number of nitrogens with zero attached hydrogens (tertiary/aromatic N) is 1. The van der Waals surface area contributed by atoms with E-state index in [1.807, 2.05) is 6.08 Å². The van der Waals surface area contributed by atoms with Gasteiger partial charge in [0.15, 0.2) is 0 Å². The number of carbonyl (C=O) groups excluding carboxylic acids is 2. The summed E-state index contributed by atoms with van der Waals surface area (Å²) in [6.45, 7) is 4.12. The maximum Gasteiger partial charge on any atom is 0.339 e. The molecule has 1 aliphatic heterocycles. The van der Waals surface area contributed by atoms with E-state index in [0.29, 0.717) is 42.9 Å². The normalized spacial score (nSPS) is 14.3. The van der Waals surface area contributed by atoms with Gasteiger partial charge in [-0.3, -0.25) is 4.99 Å². The van der Waals surface area contributed by atoms with Crippen LogP contribution in [0.2, 0.25) is 0 Å². The van der Waals surface area contributed by atoms with Gasteiger partial charge in [0.2, 0.25) is 0 Å². The molecule has 0 aromatic carbocycles. The number of allylic oxidation sites excluding steroid dienone is 6. The van der Waals surface area contributed by atoms with Gasteiger partial charge >= 0.3 is 5.97 Å². The lowest BCUT2D eigenvalue weighted by Gasteiger charge is -2.09. The zero-order valence-electron chi connectivity index (χ0n) is 13.2. The summed E-state index contributed by atoms with van der Waals surface area (Å²) in [4.78, 5) is 26.2. The third-order valence-electron chi connectivity index (χ3n) is 2.90. The molecule has 0 radical (unpaired) electrons. The van der Waals surface area contributed by atoms with Crippen molar-refractivity contribution in [2.24, 2.45) is 4.99 Å². The second-order valence-electron chi connectivity index (χ2n) is 4.56. The number of esters is 1. The molecule has 23 heavy (non-hydrogen) atoms. The van der Waals surface area contributed by atoms with E-state index in [2.05, 4.69) is 11.6 Å². The fourth-order valence-electron chi connectivity index (χ4n) is 1.79.